The standard InChI is InChI=1S/C27H36N6O2/c1-20-17-33(26-6-5-22(16-28)27-25(26)4-3-9-29-27)19-24(35-20)18-30-10-7-23(8-11-30)32-14-12-31(13-15-32)21(2)34/h3-6,9,20,23-24H,7-8,10-15,17-19H2,1-2H3/t20-,24-/m1/s1. The van der Waals surface area contributed by atoms with Crippen molar-refractivity contribution in [3.8, 4) is 6.07 Å². The molecule has 2 atom stereocenters. The van der Waals surface area contributed by atoms with Crippen LogP contribution in [-0.2, 0) is 9.53 Å². The molecule has 35 heavy (non-hydrogen) atoms. The van der Waals surface area contributed by atoms with Crippen molar-refractivity contribution in [3.63, 3.8) is 0 Å². The zero-order valence-corrected chi connectivity index (χ0v) is 20.9. The van der Waals surface area contributed by atoms with Gasteiger partial charge in [-0.3, -0.25) is 14.7 Å². The maximum Gasteiger partial charge on any atom is 0.219 e. The number of amides is 1. The van der Waals surface area contributed by atoms with Crippen LogP contribution in [0.3, 0.4) is 0 Å². The van der Waals surface area contributed by atoms with Gasteiger partial charge in [-0.2, -0.15) is 5.26 Å². The summed E-state index contributed by atoms with van der Waals surface area (Å²) in [6, 6.07) is 10.9. The van der Waals surface area contributed by atoms with Gasteiger partial charge >= 0.3 is 0 Å². The molecule has 0 saturated carbocycles. The molecule has 0 unspecified atom stereocenters. The molecule has 1 aromatic heterocycles. The maximum atomic E-state index is 11.6. The number of morpholine rings is 1. The van der Waals surface area contributed by atoms with Gasteiger partial charge in [0.25, 0.3) is 0 Å². The maximum absolute atomic E-state index is 11.6. The number of carbonyl (C=O) groups excluding carboxylic acids is 1. The van der Waals surface area contributed by atoms with Crippen LogP contribution in [-0.4, -0.2) is 103 Å². The Labute approximate surface area is 208 Å². The third-order valence-electron chi connectivity index (χ3n) is 7.83. The summed E-state index contributed by atoms with van der Waals surface area (Å²) in [5, 5.41) is 10.5. The molecule has 3 aliphatic rings. The number of benzene rings is 1. The molecular weight excluding hydrogens is 440 g/mol. The minimum atomic E-state index is 0.145. The SMILES string of the molecule is CC(=O)N1CCN(C2CCN(C[C@@H]3CN(c4ccc(C#N)c5ncccc45)C[C@@H](C)O3)CC2)CC1. The van der Waals surface area contributed by atoms with Crippen molar-refractivity contribution in [1.82, 2.24) is 19.7 Å². The van der Waals surface area contributed by atoms with Gasteiger partial charge < -0.3 is 19.4 Å². The molecule has 3 aliphatic heterocycles. The van der Waals surface area contributed by atoms with Crippen LogP contribution in [0.5, 0.6) is 0 Å². The predicted octanol–water partition coefficient (Wildman–Crippen LogP) is 2.33. The van der Waals surface area contributed by atoms with Gasteiger partial charge in [-0.15, -0.1) is 0 Å². The van der Waals surface area contributed by atoms with Crippen molar-refractivity contribution < 1.29 is 9.53 Å². The summed E-state index contributed by atoms with van der Waals surface area (Å²) in [7, 11) is 0. The highest BCUT2D eigenvalue weighted by Gasteiger charge is 2.32. The lowest BCUT2D eigenvalue weighted by Crippen LogP contribution is -2.55. The summed E-state index contributed by atoms with van der Waals surface area (Å²) in [6.07, 6.45) is 4.41. The van der Waals surface area contributed by atoms with Crippen LogP contribution in [0, 0.1) is 11.3 Å². The lowest BCUT2D eigenvalue weighted by Gasteiger charge is -2.44. The quantitative estimate of drug-likeness (QED) is 0.670. The normalized spacial score (nSPS) is 25.1. The van der Waals surface area contributed by atoms with Crippen molar-refractivity contribution >= 4 is 22.5 Å². The van der Waals surface area contributed by atoms with Gasteiger partial charge in [-0.1, -0.05) is 0 Å². The highest BCUT2D eigenvalue weighted by Crippen LogP contribution is 2.30. The molecule has 2 aromatic rings. The highest BCUT2D eigenvalue weighted by molar-refractivity contribution is 5.95. The first-order chi connectivity index (χ1) is 17.0. The summed E-state index contributed by atoms with van der Waals surface area (Å²) in [6.45, 7) is 12.3. The minimum absolute atomic E-state index is 0.145. The number of ether oxygens (including phenoxy) is 1. The Balaban J connectivity index is 1.19. The third-order valence-corrected chi connectivity index (χ3v) is 7.83. The van der Waals surface area contributed by atoms with Gasteiger partial charge in [-0.25, -0.2) is 0 Å². The number of pyridine rings is 1. The fourth-order valence-corrected chi connectivity index (χ4v) is 6.02. The summed E-state index contributed by atoms with van der Waals surface area (Å²) in [4.78, 5) is 25.6. The van der Waals surface area contributed by atoms with Crippen molar-refractivity contribution in [2.75, 3.05) is 63.8 Å². The Morgan fingerprint density at radius 3 is 2.60 bits per heavy atom. The van der Waals surface area contributed by atoms with E-state index in [4.69, 9.17) is 4.74 Å². The van der Waals surface area contributed by atoms with E-state index < -0.39 is 0 Å². The Morgan fingerprint density at radius 1 is 1.11 bits per heavy atom. The number of nitrogens with zero attached hydrogens (tertiary/aromatic N) is 6. The molecular formula is C27H36N6O2. The zero-order valence-electron chi connectivity index (χ0n) is 20.9. The van der Waals surface area contributed by atoms with Crippen molar-refractivity contribution in [3.05, 3.63) is 36.0 Å². The van der Waals surface area contributed by atoms with Gasteiger partial charge in [0, 0.05) is 76.0 Å². The monoisotopic (exact) mass is 476 g/mol. The van der Waals surface area contributed by atoms with Crippen LogP contribution in [0.15, 0.2) is 30.5 Å². The second-order valence-corrected chi connectivity index (χ2v) is 10.2. The molecule has 0 aliphatic carbocycles. The second kappa shape index (κ2) is 10.5. The Kier molecular flexibility index (Phi) is 7.19. The molecule has 0 radical (unpaired) electrons. The number of piperidine rings is 1. The molecule has 0 bridgehead atoms. The van der Waals surface area contributed by atoms with Crippen LogP contribution >= 0.6 is 0 Å². The fraction of sp³-hybridized carbons (Fsp3) is 0.593. The van der Waals surface area contributed by atoms with Gasteiger partial charge in [-0.05, 0) is 57.1 Å². The molecule has 8 heteroatoms. The largest absolute Gasteiger partial charge is 0.370 e. The molecule has 8 nitrogen and oxygen atoms in total. The van der Waals surface area contributed by atoms with Crippen molar-refractivity contribution in [1.29, 1.82) is 5.26 Å². The number of anilines is 1. The average Bonchev–Trinajstić information content (AvgIpc) is 2.88. The Morgan fingerprint density at radius 2 is 1.89 bits per heavy atom. The lowest BCUT2D eigenvalue weighted by atomic mass is 10.0. The minimum Gasteiger partial charge on any atom is -0.370 e. The van der Waals surface area contributed by atoms with Crippen molar-refractivity contribution in [2.24, 2.45) is 0 Å². The number of likely N-dealkylation sites (tertiary alicyclic amines) is 1. The summed E-state index contributed by atoms with van der Waals surface area (Å²) in [5.41, 5.74) is 2.53. The molecule has 186 valence electrons. The summed E-state index contributed by atoms with van der Waals surface area (Å²) < 4.78 is 6.38. The van der Waals surface area contributed by atoms with E-state index in [-0.39, 0.29) is 18.1 Å². The summed E-state index contributed by atoms with van der Waals surface area (Å²) >= 11 is 0. The van der Waals surface area contributed by atoms with E-state index >= 15 is 0 Å². The van der Waals surface area contributed by atoms with E-state index in [0.717, 1.165) is 75.5 Å². The molecule has 5 rings (SSSR count). The number of hydrogen-bond acceptors (Lipinski definition) is 7. The smallest absolute Gasteiger partial charge is 0.219 e. The number of aromatic nitrogens is 1. The van der Waals surface area contributed by atoms with Crippen LogP contribution in [0.25, 0.3) is 10.9 Å². The van der Waals surface area contributed by atoms with Crippen LogP contribution in [0.1, 0.15) is 32.3 Å². The molecule has 3 fully saturated rings. The number of rotatable bonds is 4. The van der Waals surface area contributed by atoms with Gasteiger partial charge in [0.15, 0.2) is 0 Å². The van der Waals surface area contributed by atoms with Crippen LogP contribution in [0.4, 0.5) is 5.69 Å². The van der Waals surface area contributed by atoms with Crippen LogP contribution < -0.4 is 4.90 Å². The van der Waals surface area contributed by atoms with E-state index in [1.807, 2.05) is 17.0 Å². The topological polar surface area (TPSA) is 75.9 Å². The zero-order chi connectivity index (χ0) is 24.4. The van der Waals surface area contributed by atoms with E-state index in [1.54, 1.807) is 13.1 Å². The van der Waals surface area contributed by atoms with Gasteiger partial charge in [0.2, 0.25) is 5.91 Å². The number of carbonyl (C=O) groups is 1. The molecule has 1 aromatic carbocycles. The number of hydrogen-bond donors (Lipinski definition) is 0. The second-order valence-electron chi connectivity index (χ2n) is 10.2. The number of nitriles is 1. The first-order valence-electron chi connectivity index (χ1n) is 12.9. The number of fused-ring (bicyclic) bond motifs is 1. The molecule has 0 spiro atoms. The number of piperazine rings is 1. The predicted molar refractivity (Wildman–Crippen MR) is 136 cm³/mol. The summed E-state index contributed by atoms with van der Waals surface area (Å²) in [5.74, 6) is 0.195. The Hall–Kier alpha value is -2.73. The Bertz CT molecular complexity index is 1080. The molecule has 0 N–H and O–H groups in total. The van der Waals surface area contributed by atoms with Crippen molar-refractivity contribution in [2.45, 2.75) is 44.9 Å². The highest BCUT2D eigenvalue weighted by atomic mass is 16.5. The van der Waals surface area contributed by atoms with E-state index in [9.17, 15) is 10.1 Å². The third kappa shape index (κ3) is 5.27. The van der Waals surface area contributed by atoms with Gasteiger partial charge in [0.05, 0.1) is 23.3 Å². The van der Waals surface area contributed by atoms with Crippen LogP contribution in [0.2, 0.25) is 0 Å². The first kappa shape index (κ1) is 24.0. The van der Waals surface area contributed by atoms with E-state index in [1.165, 1.54) is 12.8 Å². The van der Waals surface area contributed by atoms with E-state index in [2.05, 4.69) is 44.8 Å². The molecule has 3 saturated heterocycles. The molecule has 4 heterocycles. The first-order valence-corrected chi connectivity index (χ1v) is 12.9. The van der Waals surface area contributed by atoms with E-state index in [0.29, 0.717) is 11.6 Å². The molecule has 1 amide bonds. The average molecular weight is 477 g/mol. The fourth-order valence-electron chi connectivity index (χ4n) is 6.02. The van der Waals surface area contributed by atoms with Gasteiger partial charge in [0.1, 0.15) is 6.07 Å². The lowest BCUT2D eigenvalue weighted by molar-refractivity contribution is -0.131.